The number of halogens is 2. The quantitative estimate of drug-likeness (QED) is 0.752. The van der Waals surface area contributed by atoms with E-state index in [0.717, 1.165) is 0 Å². The standard InChI is InChI=1S/C14H16Cl2N4O2S/c1-9(23-14-19-17-8-20(14)6-7-22-2)13(21)18-12-10(15)4-3-5-11(12)16/h3-5,8-9H,6-7H2,1-2H3,(H,18,21). The lowest BCUT2D eigenvalue weighted by atomic mass is 10.3. The van der Waals surface area contributed by atoms with Gasteiger partial charge in [-0.05, 0) is 19.1 Å². The molecule has 9 heteroatoms. The second kappa shape index (κ2) is 8.54. The average Bonchev–Trinajstić information content (AvgIpc) is 2.95. The zero-order valence-corrected chi connectivity index (χ0v) is 15.0. The summed E-state index contributed by atoms with van der Waals surface area (Å²) in [5.41, 5.74) is 0.411. The number of hydrogen-bond donors (Lipinski definition) is 1. The molecule has 0 fully saturated rings. The average molecular weight is 375 g/mol. The minimum Gasteiger partial charge on any atom is -0.383 e. The SMILES string of the molecule is COCCn1cnnc1SC(C)C(=O)Nc1c(Cl)cccc1Cl. The molecular weight excluding hydrogens is 359 g/mol. The minimum absolute atomic E-state index is 0.216. The van der Waals surface area contributed by atoms with Crippen molar-refractivity contribution in [1.29, 1.82) is 0 Å². The lowest BCUT2D eigenvalue weighted by molar-refractivity contribution is -0.115. The fourth-order valence-corrected chi connectivity index (χ4v) is 3.07. The van der Waals surface area contributed by atoms with Gasteiger partial charge >= 0.3 is 0 Å². The van der Waals surface area contributed by atoms with Gasteiger partial charge in [0.05, 0.1) is 27.6 Å². The molecule has 1 unspecified atom stereocenters. The van der Waals surface area contributed by atoms with Crippen molar-refractivity contribution in [3.63, 3.8) is 0 Å². The Morgan fingerprint density at radius 1 is 1.43 bits per heavy atom. The minimum atomic E-state index is -0.396. The summed E-state index contributed by atoms with van der Waals surface area (Å²) in [5.74, 6) is -0.216. The Hall–Kier alpha value is -1.28. The van der Waals surface area contributed by atoms with Gasteiger partial charge in [0.2, 0.25) is 5.91 Å². The zero-order valence-electron chi connectivity index (χ0n) is 12.6. The van der Waals surface area contributed by atoms with E-state index in [0.29, 0.717) is 34.0 Å². The number of methoxy groups -OCH3 is 1. The van der Waals surface area contributed by atoms with E-state index in [1.54, 1.807) is 38.6 Å². The highest BCUT2D eigenvalue weighted by atomic mass is 35.5. The normalized spacial score (nSPS) is 12.2. The van der Waals surface area contributed by atoms with Gasteiger partial charge in [-0.25, -0.2) is 0 Å². The first-order valence-electron chi connectivity index (χ1n) is 6.81. The predicted octanol–water partition coefficient (Wildman–Crippen LogP) is 3.35. The van der Waals surface area contributed by atoms with Crippen LogP contribution in [0, 0.1) is 0 Å². The number of benzene rings is 1. The van der Waals surface area contributed by atoms with E-state index in [-0.39, 0.29) is 5.91 Å². The second-order valence-electron chi connectivity index (χ2n) is 4.65. The molecule has 1 aromatic heterocycles. The van der Waals surface area contributed by atoms with Crippen molar-refractivity contribution < 1.29 is 9.53 Å². The number of nitrogens with zero attached hydrogens (tertiary/aromatic N) is 3. The number of hydrogen-bond acceptors (Lipinski definition) is 5. The topological polar surface area (TPSA) is 69.0 Å². The van der Waals surface area contributed by atoms with E-state index in [1.807, 2.05) is 4.57 Å². The Labute approximate surface area is 148 Å². The Kier molecular flexibility index (Phi) is 6.71. The number of ether oxygens (including phenoxy) is 1. The molecule has 0 spiro atoms. The predicted molar refractivity (Wildman–Crippen MR) is 92.3 cm³/mol. The molecule has 1 aromatic carbocycles. The molecule has 1 amide bonds. The van der Waals surface area contributed by atoms with Crippen molar-refractivity contribution >= 4 is 46.6 Å². The monoisotopic (exact) mass is 374 g/mol. The van der Waals surface area contributed by atoms with Gasteiger partial charge in [-0.2, -0.15) is 0 Å². The van der Waals surface area contributed by atoms with Gasteiger partial charge in [0.25, 0.3) is 0 Å². The maximum absolute atomic E-state index is 12.3. The third-order valence-electron chi connectivity index (χ3n) is 2.98. The van der Waals surface area contributed by atoms with Crippen LogP contribution >= 0.6 is 35.0 Å². The fourth-order valence-electron chi connectivity index (χ4n) is 1.73. The molecular formula is C14H16Cl2N4O2S. The summed E-state index contributed by atoms with van der Waals surface area (Å²) in [6.45, 7) is 2.94. The zero-order chi connectivity index (χ0) is 16.8. The Bertz CT molecular complexity index is 660. The van der Waals surface area contributed by atoms with Crippen LogP contribution in [0.25, 0.3) is 0 Å². The van der Waals surface area contributed by atoms with Gasteiger partial charge < -0.3 is 14.6 Å². The van der Waals surface area contributed by atoms with Crippen molar-refractivity contribution in [1.82, 2.24) is 14.8 Å². The molecule has 23 heavy (non-hydrogen) atoms. The number of carbonyl (C=O) groups is 1. The van der Waals surface area contributed by atoms with Gasteiger partial charge in [-0.1, -0.05) is 41.0 Å². The second-order valence-corrected chi connectivity index (χ2v) is 6.77. The van der Waals surface area contributed by atoms with Crippen LogP contribution in [0.4, 0.5) is 5.69 Å². The van der Waals surface area contributed by atoms with E-state index in [1.165, 1.54) is 11.8 Å². The van der Waals surface area contributed by atoms with E-state index in [2.05, 4.69) is 15.5 Å². The molecule has 6 nitrogen and oxygen atoms in total. The molecule has 0 aliphatic rings. The van der Waals surface area contributed by atoms with Crippen LogP contribution in [0.1, 0.15) is 6.92 Å². The lowest BCUT2D eigenvalue weighted by Gasteiger charge is -2.14. The lowest BCUT2D eigenvalue weighted by Crippen LogP contribution is -2.23. The number of amides is 1. The Balaban J connectivity index is 2.02. The summed E-state index contributed by atoms with van der Waals surface area (Å²) in [5, 5.41) is 11.7. The summed E-state index contributed by atoms with van der Waals surface area (Å²) in [6.07, 6.45) is 1.61. The van der Waals surface area contributed by atoms with Crippen molar-refractivity contribution in [3.05, 3.63) is 34.6 Å². The van der Waals surface area contributed by atoms with Crippen molar-refractivity contribution in [2.45, 2.75) is 23.9 Å². The van der Waals surface area contributed by atoms with Crippen LogP contribution in [0.5, 0.6) is 0 Å². The number of anilines is 1. The van der Waals surface area contributed by atoms with E-state index < -0.39 is 5.25 Å². The van der Waals surface area contributed by atoms with Crippen LogP contribution < -0.4 is 5.32 Å². The maximum Gasteiger partial charge on any atom is 0.237 e. The van der Waals surface area contributed by atoms with Gasteiger partial charge in [0.15, 0.2) is 5.16 Å². The molecule has 0 radical (unpaired) electrons. The van der Waals surface area contributed by atoms with Crippen molar-refractivity contribution in [2.24, 2.45) is 0 Å². The number of para-hydroxylation sites is 1. The number of carbonyl (C=O) groups excluding carboxylic acids is 1. The van der Waals surface area contributed by atoms with Gasteiger partial charge in [-0.3, -0.25) is 4.79 Å². The van der Waals surface area contributed by atoms with Crippen LogP contribution in [0.2, 0.25) is 10.0 Å². The molecule has 1 heterocycles. The summed E-state index contributed by atoms with van der Waals surface area (Å²) in [6, 6.07) is 5.06. The highest BCUT2D eigenvalue weighted by Gasteiger charge is 2.19. The molecule has 0 bridgehead atoms. The number of aromatic nitrogens is 3. The molecule has 1 atom stereocenters. The summed E-state index contributed by atoms with van der Waals surface area (Å²) < 4.78 is 6.87. The third-order valence-corrected chi connectivity index (χ3v) is 4.70. The Morgan fingerprint density at radius 2 is 2.13 bits per heavy atom. The highest BCUT2D eigenvalue weighted by molar-refractivity contribution is 8.00. The number of nitrogens with one attached hydrogen (secondary N) is 1. The van der Waals surface area contributed by atoms with Gasteiger partial charge in [0.1, 0.15) is 6.33 Å². The van der Waals surface area contributed by atoms with E-state index >= 15 is 0 Å². The first-order valence-corrected chi connectivity index (χ1v) is 8.44. The molecule has 124 valence electrons. The first-order chi connectivity index (χ1) is 11.0. The van der Waals surface area contributed by atoms with Crippen LogP contribution in [0.3, 0.4) is 0 Å². The summed E-state index contributed by atoms with van der Waals surface area (Å²) in [7, 11) is 1.63. The smallest absolute Gasteiger partial charge is 0.237 e. The molecule has 0 saturated carbocycles. The highest BCUT2D eigenvalue weighted by Crippen LogP contribution is 2.31. The summed E-state index contributed by atoms with van der Waals surface area (Å²) in [4.78, 5) is 12.3. The molecule has 0 saturated heterocycles. The van der Waals surface area contributed by atoms with Crippen molar-refractivity contribution in [3.8, 4) is 0 Å². The molecule has 2 rings (SSSR count). The third kappa shape index (κ3) is 4.84. The van der Waals surface area contributed by atoms with Crippen LogP contribution in [0.15, 0.2) is 29.7 Å². The molecule has 0 aliphatic carbocycles. The Morgan fingerprint density at radius 3 is 2.78 bits per heavy atom. The largest absolute Gasteiger partial charge is 0.383 e. The van der Waals surface area contributed by atoms with Crippen LogP contribution in [-0.4, -0.2) is 39.6 Å². The number of rotatable bonds is 7. The van der Waals surface area contributed by atoms with Gasteiger partial charge in [-0.15, -0.1) is 10.2 Å². The summed E-state index contributed by atoms with van der Waals surface area (Å²) >= 11 is 13.4. The van der Waals surface area contributed by atoms with E-state index in [9.17, 15) is 4.79 Å². The van der Waals surface area contributed by atoms with E-state index in [4.69, 9.17) is 27.9 Å². The molecule has 2 aromatic rings. The van der Waals surface area contributed by atoms with Crippen LogP contribution in [-0.2, 0) is 16.1 Å². The first kappa shape index (κ1) is 18.1. The van der Waals surface area contributed by atoms with Gasteiger partial charge in [0, 0.05) is 13.7 Å². The maximum atomic E-state index is 12.3. The fraction of sp³-hybridized carbons (Fsp3) is 0.357. The number of thioether (sulfide) groups is 1. The van der Waals surface area contributed by atoms with Crippen molar-refractivity contribution in [2.75, 3.05) is 19.0 Å². The molecule has 0 aliphatic heterocycles. The molecule has 1 N–H and O–H groups in total.